The second-order valence-corrected chi connectivity index (χ2v) is 4.57. The second kappa shape index (κ2) is 8.05. The van der Waals surface area contributed by atoms with Crippen molar-refractivity contribution in [1.29, 1.82) is 0 Å². The van der Waals surface area contributed by atoms with Gasteiger partial charge in [0.2, 0.25) is 0 Å². The molecule has 1 N–H and O–H groups in total. The molecule has 0 atom stereocenters. The molecular weight excluding hydrogens is 196 g/mol. The molecule has 1 aliphatic heterocycles. The zero-order valence-corrected chi connectivity index (χ0v) is 9.72. The number of nitrogens with one attached hydrogen (secondary N) is 1. The van der Waals surface area contributed by atoms with Gasteiger partial charge >= 0.3 is 0 Å². The van der Waals surface area contributed by atoms with Gasteiger partial charge < -0.3 is 0 Å². The highest BCUT2D eigenvalue weighted by Gasteiger charge is 2.06. The molecule has 4 nitrogen and oxygen atoms in total. The molecule has 0 aromatic heterocycles. The Bertz CT molecular complexity index is 155. The van der Waals surface area contributed by atoms with Gasteiger partial charge in [0.1, 0.15) is 6.67 Å². The van der Waals surface area contributed by atoms with Gasteiger partial charge in [0.25, 0.3) is 0 Å². The van der Waals surface area contributed by atoms with E-state index in [1.165, 1.54) is 44.3 Å². The van der Waals surface area contributed by atoms with Crippen LogP contribution in [0.4, 0.5) is 0 Å². The summed E-state index contributed by atoms with van der Waals surface area (Å²) in [6.45, 7) is 2.93. The summed E-state index contributed by atoms with van der Waals surface area (Å²) in [6.07, 6.45) is 8.15. The standard InChI is InChI=1S/C9H20N4S/c1-2-3-4-5-6-7-8-14-13-9-10-11-12-13/h2-9H2,1H3,(H,10,12). The number of nitrogens with zero attached hydrogens (tertiary/aromatic N) is 3. The van der Waals surface area contributed by atoms with Crippen molar-refractivity contribution in [3.63, 3.8) is 0 Å². The molecule has 0 spiro atoms. The van der Waals surface area contributed by atoms with Crippen molar-refractivity contribution in [2.75, 3.05) is 12.4 Å². The number of rotatable bonds is 8. The smallest absolute Gasteiger partial charge is 0.144 e. The molecule has 0 aromatic rings. The molecule has 1 aliphatic rings. The normalized spacial score (nSPS) is 16.1. The highest BCUT2D eigenvalue weighted by atomic mass is 32.2. The molecule has 0 unspecified atom stereocenters. The molecule has 82 valence electrons. The van der Waals surface area contributed by atoms with Gasteiger partial charge in [-0.2, -0.15) is 5.11 Å². The minimum absolute atomic E-state index is 0.681. The summed E-state index contributed by atoms with van der Waals surface area (Å²) in [5.41, 5.74) is 2.82. The number of hydrogen-bond donors (Lipinski definition) is 1. The molecular formula is C9H20N4S. The van der Waals surface area contributed by atoms with Crippen LogP contribution in [0.3, 0.4) is 0 Å². The maximum Gasteiger partial charge on any atom is 0.144 e. The van der Waals surface area contributed by atoms with Crippen LogP contribution in [0.25, 0.3) is 0 Å². The molecule has 0 aliphatic carbocycles. The zero-order valence-electron chi connectivity index (χ0n) is 8.91. The SMILES string of the molecule is CCCCCCCCSN1CN=NN1. The van der Waals surface area contributed by atoms with Crippen LogP contribution in [0.5, 0.6) is 0 Å². The van der Waals surface area contributed by atoms with Gasteiger partial charge in [-0.3, -0.25) is 0 Å². The number of hydrogen-bond acceptors (Lipinski definition) is 5. The molecule has 0 saturated heterocycles. The van der Waals surface area contributed by atoms with Gasteiger partial charge in [-0.15, -0.1) is 4.41 Å². The molecule has 0 aromatic carbocycles. The summed E-state index contributed by atoms with van der Waals surface area (Å²) in [7, 11) is 0. The third-order valence-corrected chi connectivity index (χ3v) is 3.14. The molecule has 0 saturated carbocycles. The molecule has 0 radical (unpaired) electrons. The first-order chi connectivity index (χ1) is 6.93. The molecule has 1 heterocycles. The van der Waals surface area contributed by atoms with E-state index >= 15 is 0 Å². The Hall–Kier alpha value is -0.290. The highest BCUT2D eigenvalue weighted by molar-refractivity contribution is 7.96. The Balaban J connectivity index is 1.75. The van der Waals surface area contributed by atoms with Crippen molar-refractivity contribution in [2.24, 2.45) is 10.3 Å². The molecule has 5 heteroatoms. The lowest BCUT2D eigenvalue weighted by Gasteiger charge is -2.10. The Morgan fingerprint density at radius 3 is 2.71 bits per heavy atom. The Kier molecular flexibility index (Phi) is 6.78. The topological polar surface area (TPSA) is 40.0 Å². The highest BCUT2D eigenvalue weighted by Crippen LogP contribution is 2.13. The van der Waals surface area contributed by atoms with Crippen LogP contribution in [-0.4, -0.2) is 16.8 Å². The minimum Gasteiger partial charge on any atom is -0.210 e. The quantitative estimate of drug-likeness (QED) is 0.500. The van der Waals surface area contributed by atoms with Crippen LogP contribution in [0, 0.1) is 0 Å². The fourth-order valence-electron chi connectivity index (χ4n) is 1.33. The first kappa shape index (κ1) is 11.8. The van der Waals surface area contributed by atoms with Gasteiger partial charge in [-0.05, 0) is 6.42 Å². The van der Waals surface area contributed by atoms with Gasteiger partial charge in [-0.1, -0.05) is 56.2 Å². The molecule has 1 rings (SSSR count). The first-order valence-electron chi connectivity index (χ1n) is 5.46. The fourth-order valence-corrected chi connectivity index (χ4v) is 2.11. The lowest BCUT2D eigenvalue weighted by molar-refractivity contribution is 0.432. The van der Waals surface area contributed by atoms with E-state index in [4.69, 9.17) is 0 Å². The predicted molar refractivity (Wildman–Crippen MR) is 60.5 cm³/mol. The summed E-state index contributed by atoms with van der Waals surface area (Å²) in [5.74, 6) is 1.17. The van der Waals surface area contributed by atoms with E-state index in [-0.39, 0.29) is 0 Å². The van der Waals surface area contributed by atoms with Crippen LogP contribution in [-0.2, 0) is 0 Å². The minimum atomic E-state index is 0.681. The maximum absolute atomic E-state index is 3.82. The van der Waals surface area contributed by atoms with Gasteiger partial charge in [0.15, 0.2) is 0 Å². The van der Waals surface area contributed by atoms with Crippen LogP contribution in [0.15, 0.2) is 10.3 Å². The van der Waals surface area contributed by atoms with Crippen molar-refractivity contribution in [3.8, 4) is 0 Å². The fraction of sp³-hybridized carbons (Fsp3) is 1.00. The van der Waals surface area contributed by atoms with Crippen LogP contribution < -0.4 is 5.53 Å². The maximum atomic E-state index is 3.82. The molecule has 0 amide bonds. The van der Waals surface area contributed by atoms with Crippen LogP contribution >= 0.6 is 11.9 Å². The van der Waals surface area contributed by atoms with E-state index in [1.807, 2.05) is 4.41 Å². The average Bonchev–Trinajstić information content (AvgIpc) is 2.69. The van der Waals surface area contributed by atoms with E-state index in [1.54, 1.807) is 11.9 Å². The number of unbranched alkanes of at least 4 members (excludes halogenated alkanes) is 5. The van der Waals surface area contributed by atoms with Crippen LogP contribution in [0.1, 0.15) is 45.4 Å². The van der Waals surface area contributed by atoms with Gasteiger partial charge in [0.05, 0.1) is 0 Å². The Morgan fingerprint density at radius 1 is 1.21 bits per heavy atom. The van der Waals surface area contributed by atoms with Crippen molar-refractivity contribution in [3.05, 3.63) is 0 Å². The van der Waals surface area contributed by atoms with E-state index < -0.39 is 0 Å². The molecule has 0 bridgehead atoms. The Labute approximate surface area is 90.6 Å². The van der Waals surface area contributed by atoms with Crippen molar-refractivity contribution >= 4 is 11.9 Å². The monoisotopic (exact) mass is 216 g/mol. The molecule has 0 fully saturated rings. The lowest BCUT2D eigenvalue weighted by atomic mass is 10.1. The third kappa shape index (κ3) is 5.44. The van der Waals surface area contributed by atoms with Gasteiger partial charge in [-0.25, -0.2) is 5.53 Å². The third-order valence-electron chi connectivity index (χ3n) is 2.16. The summed E-state index contributed by atoms with van der Waals surface area (Å²) in [5, 5.41) is 7.51. The van der Waals surface area contributed by atoms with Crippen molar-refractivity contribution in [2.45, 2.75) is 45.4 Å². The van der Waals surface area contributed by atoms with E-state index in [2.05, 4.69) is 22.8 Å². The largest absolute Gasteiger partial charge is 0.210 e. The van der Waals surface area contributed by atoms with Crippen molar-refractivity contribution in [1.82, 2.24) is 9.95 Å². The second-order valence-electron chi connectivity index (χ2n) is 3.46. The Morgan fingerprint density at radius 2 is 2.00 bits per heavy atom. The molecule has 14 heavy (non-hydrogen) atoms. The zero-order chi connectivity index (χ0) is 10.1. The first-order valence-corrected chi connectivity index (χ1v) is 6.40. The summed E-state index contributed by atoms with van der Waals surface area (Å²) < 4.78 is 1.96. The van der Waals surface area contributed by atoms with E-state index in [9.17, 15) is 0 Å². The van der Waals surface area contributed by atoms with E-state index in [0.29, 0.717) is 6.67 Å². The predicted octanol–water partition coefficient (Wildman–Crippen LogP) is 3.14. The summed E-state index contributed by atoms with van der Waals surface area (Å²) in [6, 6.07) is 0. The lowest BCUT2D eigenvalue weighted by Crippen LogP contribution is -2.22. The van der Waals surface area contributed by atoms with Crippen molar-refractivity contribution < 1.29 is 0 Å². The van der Waals surface area contributed by atoms with Crippen LogP contribution in [0.2, 0.25) is 0 Å². The summed E-state index contributed by atoms with van der Waals surface area (Å²) in [4.78, 5) is 0. The van der Waals surface area contributed by atoms with E-state index in [0.717, 1.165) is 0 Å². The number of hydrazine groups is 1. The van der Waals surface area contributed by atoms with Gasteiger partial charge in [0, 0.05) is 5.75 Å². The average molecular weight is 216 g/mol. The summed E-state index contributed by atoms with van der Waals surface area (Å²) >= 11 is 1.78.